The molecule has 0 bridgehead atoms. The fourth-order valence-electron chi connectivity index (χ4n) is 2.31. The predicted octanol–water partition coefficient (Wildman–Crippen LogP) is 2.32. The number of ketones is 1. The van der Waals surface area contributed by atoms with Crippen molar-refractivity contribution >= 4 is 5.78 Å². The summed E-state index contributed by atoms with van der Waals surface area (Å²) in [5, 5.41) is 0. The topological polar surface area (TPSA) is 17.1 Å². The third-order valence-electron chi connectivity index (χ3n) is 2.97. The SMILES string of the molecule is O=C1CCCC1C1CC=CC1. The molecule has 0 aromatic heterocycles. The van der Waals surface area contributed by atoms with Crippen LogP contribution in [0.15, 0.2) is 12.2 Å². The van der Waals surface area contributed by atoms with Crippen LogP contribution in [0.1, 0.15) is 32.1 Å². The van der Waals surface area contributed by atoms with Crippen LogP contribution in [0.4, 0.5) is 0 Å². The number of hydrogen-bond acceptors (Lipinski definition) is 1. The zero-order chi connectivity index (χ0) is 7.68. The highest BCUT2D eigenvalue weighted by atomic mass is 16.1. The molecule has 11 heavy (non-hydrogen) atoms. The second-order valence-corrected chi connectivity index (χ2v) is 3.67. The van der Waals surface area contributed by atoms with Crippen LogP contribution in [0.3, 0.4) is 0 Å². The van der Waals surface area contributed by atoms with Gasteiger partial charge in [-0.15, -0.1) is 0 Å². The first-order chi connectivity index (χ1) is 5.38. The molecule has 2 aliphatic carbocycles. The molecule has 0 spiro atoms. The molecule has 0 aliphatic heterocycles. The summed E-state index contributed by atoms with van der Waals surface area (Å²) < 4.78 is 0. The summed E-state index contributed by atoms with van der Waals surface area (Å²) in [6.45, 7) is 0. The summed E-state index contributed by atoms with van der Waals surface area (Å²) in [4.78, 5) is 11.3. The Morgan fingerprint density at radius 2 is 2.00 bits per heavy atom. The molecule has 0 saturated heterocycles. The lowest BCUT2D eigenvalue weighted by Crippen LogP contribution is -2.15. The lowest BCUT2D eigenvalue weighted by Gasteiger charge is -2.15. The Labute approximate surface area is 67.5 Å². The van der Waals surface area contributed by atoms with Gasteiger partial charge in [-0.05, 0) is 31.6 Å². The second kappa shape index (κ2) is 2.80. The maximum Gasteiger partial charge on any atom is 0.136 e. The Kier molecular flexibility index (Phi) is 1.80. The fourth-order valence-corrected chi connectivity index (χ4v) is 2.31. The van der Waals surface area contributed by atoms with Crippen molar-refractivity contribution in [2.75, 3.05) is 0 Å². The van der Waals surface area contributed by atoms with Crippen molar-refractivity contribution in [3.63, 3.8) is 0 Å². The Balaban J connectivity index is 1.98. The monoisotopic (exact) mass is 150 g/mol. The molecule has 0 aromatic carbocycles. The molecule has 2 rings (SSSR count). The van der Waals surface area contributed by atoms with Crippen molar-refractivity contribution in [2.45, 2.75) is 32.1 Å². The number of hydrogen-bond donors (Lipinski definition) is 0. The second-order valence-electron chi connectivity index (χ2n) is 3.67. The van der Waals surface area contributed by atoms with E-state index in [1.807, 2.05) is 0 Å². The molecule has 1 fully saturated rings. The van der Waals surface area contributed by atoms with Gasteiger partial charge < -0.3 is 0 Å². The molecule has 1 heteroatoms. The summed E-state index contributed by atoms with van der Waals surface area (Å²) in [5.41, 5.74) is 0. The minimum atomic E-state index is 0.421. The van der Waals surface area contributed by atoms with Crippen molar-refractivity contribution < 1.29 is 4.79 Å². The summed E-state index contributed by atoms with van der Waals surface area (Å²) in [6.07, 6.45) is 9.88. The summed E-state index contributed by atoms with van der Waals surface area (Å²) >= 11 is 0. The highest BCUT2D eigenvalue weighted by Gasteiger charge is 2.31. The van der Waals surface area contributed by atoms with E-state index in [1.165, 1.54) is 0 Å². The van der Waals surface area contributed by atoms with Crippen LogP contribution in [-0.2, 0) is 4.79 Å². The molecule has 60 valence electrons. The molecule has 0 heterocycles. The van der Waals surface area contributed by atoms with Gasteiger partial charge >= 0.3 is 0 Å². The van der Waals surface area contributed by atoms with Gasteiger partial charge in [0, 0.05) is 12.3 Å². The van der Waals surface area contributed by atoms with Crippen LogP contribution in [0.2, 0.25) is 0 Å². The average Bonchev–Trinajstić information content (AvgIpc) is 2.55. The van der Waals surface area contributed by atoms with Crippen LogP contribution in [0.25, 0.3) is 0 Å². The van der Waals surface area contributed by atoms with Gasteiger partial charge in [0.25, 0.3) is 0 Å². The van der Waals surface area contributed by atoms with Gasteiger partial charge in [-0.1, -0.05) is 12.2 Å². The number of carbonyl (C=O) groups is 1. The third-order valence-corrected chi connectivity index (χ3v) is 2.97. The molecular formula is C10H14O. The maximum atomic E-state index is 11.3. The standard InChI is InChI=1S/C10H14O/c11-10-7-3-6-9(10)8-4-1-2-5-8/h1-2,8-9H,3-7H2. The zero-order valence-electron chi connectivity index (χ0n) is 6.75. The smallest absolute Gasteiger partial charge is 0.136 e. The first-order valence-corrected chi connectivity index (χ1v) is 4.55. The van der Waals surface area contributed by atoms with Gasteiger partial charge in [0.15, 0.2) is 0 Å². The van der Waals surface area contributed by atoms with Gasteiger partial charge in [0.05, 0.1) is 0 Å². The maximum absolute atomic E-state index is 11.3. The summed E-state index contributed by atoms with van der Waals surface area (Å²) in [7, 11) is 0. The van der Waals surface area contributed by atoms with Crippen LogP contribution in [0, 0.1) is 11.8 Å². The van der Waals surface area contributed by atoms with Crippen molar-refractivity contribution in [2.24, 2.45) is 11.8 Å². The normalized spacial score (nSPS) is 32.0. The van der Waals surface area contributed by atoms with E-state index < -0.39 is 0 Å². The first-order valence-electron chi connectivity index (χ1n) is 4.55. The predicted molar refractivity (Wildman–Crippen MR) is 44.2 cm³/mol. The molecule has 0 aromatic rings. The van der Waals surface area contributed by atoms with E-state index >= 15 is 0 Å². The van der Waals surface area contributed by atoms with Crippen LogP contribution in [0.5, 0.6) is 0 Å². The third kappa shape index (κ3) is 1.24. The van der Waals surface area contributed by atoms with Gasteiger partial charge in [0.2, 0.25) is 0 Å². The lowest BCUT2D eigenvalue weighted by molar-refractivity contribution is -0.121. The Morgan fingerprint density at radius 3 is 2.55 bits per heavy atom. The van der Waals surface area contributed by atoms with Crippen molar-refractivity contribution in [1.82, 2.24) is 0 Å². The van der Waals surface area contributed by atoms with E-state index in [-0.39, 0.29) is 0 Å². The molecule has 1 atom stereocenters. The lowest BCUT2D eigenvalue weighted by atomic mass is 9.88. The Bertz CT molecular complexity index is 185. The van der Waals surface area contributed by atoms with E-state index in [9.17, 15) is 4.79 Å². The molecule has 0 amide bonds. The molecule has 1 nitrogen and oxygen atoms in total. The Morgan fingerprint density at radius 1 is 1.27 bits per heavy atom. The van der Waals surface area contributed by atoms with Crippen molar-refractivity contribution in [3.05, 3.63) is 12.2 Å². The van der Waals surface area contributed by atoms with Crippen molar-refractivity contribution in [1.29, 1.82) is 0 Å². The largest absolute Gasteiger partial charge is 0.299 e. The van der Waals surface area contributed by atoms with Crippen molar-refractivity contribution in [3.8, 4) is 0 Å². The number of Topliss-reactive ketones (excluding diaryl/α,β-unsaturated/α-hetero) is 1. The zero-order valence-corrected chi connectivity index (χ0v) is 6.75. The van der Waals surface area contributed by atoms with Gasteiger partial charge in [0.1, 0.15) is 5.78 Å². The summed E-state index contributed by atoms with van der Waals surface area (Å²) in [6, 6.07) is 0. The number of rotatable bonds is 1. The molecule has 2 aliphatic rings. The Hall–Kier alpha value is -0.590. The quantitative estimate of drug-likeness (QED) is 0.524. The van der Waals surface area contributed by atoms with Crippen LogP contribution in [-0.4, -0.2) is 5.78 Å². The average molecular weight is 150 g/mol. The van der Waals surface area contributed by atoms with E-state index in [0.29, 0.717) is 17.6 Å². The van der Waals surface area contributed by atoms with Gasteiger partial charge in [-0.3, -0.25) is 4.79 Å². The van der Waals surface area contributed by atoms with Crippen LogP contribution < -0.4 is 0 Å². The highest BCUT2D eigenvalue weighted by molar-refractivity contribution is 5.83. The van der Waals surface area contributed by atoms with Crippen LogP contribution >= 0.6 is 0 Å². The molecule has 1 unspecified atom stereocenters. The molecule has 1 saturated carbocycles. The van der Waals surface area contributed by atoms with E-state index in [4.69, 9.17) is 0 Å². The van der Waals surface area contributed by atoms with Gasteiger partial charge in [-0.2, -0.15) is 0 Å². The van der Waals surface area contributed by atoms with Gasteiger partial charge in [-0.25, -0.2) is 0 Å². The number of allylic oxidation sites excluding steroid dienone is 2. The minimum Gasteiger partial charge on any atom is -0.299 e. The highest BCUT2D eigenvalue weighted by Crippen LogP contribution is 2.35. The fraction of sp³-hybridized carbons (Fsp3) is 0.700. The van der Waals surface area contributed by atoms with E-state index in [0.717, 1.165) is 32.1 Å². The molecule has 0 radical (unpaired) electrons. The summed E-state index contributed by atoms with van der Waals surface area (Å²) in [5.74, 6) is 1.62. The molecular weight excluding hydrogens is 136 g/mol. The van der Waals surface area contributed by atoms with E-state index in [1.54, 1.807) is 0 Å². The van der Waals surface area contributed by atoms with E-state index in [2.05, 4.69) is 12.2 Å². The molecule has 0 N–H and O–H groups in total. The first kappa shape index (κ1) is 7.08. The minimum absolute atomic E-state index is 0.421. The number of carbonyl (C=O) groups excluding carboxylic acids is 1.